The highest BCUT2D eigenvalue weighted by molar-refractivity contribution is 9.10. The first kappa shape index (κ1) is 15.7. The highest BCUT2D eigenvalue weighted by atomic mass is 79.9. The summed E-state index contributed by atoms with van der Waals surface area (Å²) in [7, 11) is 0. The van der Waals surface area contributed by atoms with E-state index in [1.807, 2.05) is 6.07 Å². The molecule has 0 heterocycles. The molecule has 0 spiro atoms. The largest absolute Gasteiger partial charge is 0.322 e. The topological polar surface area (TPSA) is 29.1 Å². The lowest BCUT2D eigenvalue weighted by Gasteiger charge is -2.21. The van der Waals surface area contributed by atoms with Crippen LogP contribution >= 0.6 is 15.9 Å². The highest BCUT2D eigenvalue weighted by Crippen LogP contribution is 2.30. The third-order valence-corrected chi connectivity index (χ3v) is 3.80. The Hall–Kier alpha value is -1.68. The number of amides is 1. The predicted molar refractivity (Wildman–Crippen MR) is 87.2 cm³/mol. The molecule has 0 aromatic heterocycles. The van der Waals surface area contributed by atoms with Crippen LogP contribution in [0.4, 0.5) is 10.1 Å². The van der Waals surface area contributed by atoms with Gasteiger partial charge in [-0.05, 0) is 47.4 Å². The van der Waals surface area contributed by atoms with Gasteiger partial charge in [-0.25, -0.2) is 4.39 Å². The summed E-state index contributed by atoms with van der Waals surface area (Å²) in [6.07, 6.45) is 0. The van der Waals surface area contributed by atoms with Crippen LogP contribution in [0.2, 0.25) is 0 Å². The second kappa shape index (κ2) is 5.98. The van der Waals surface area contributed by atoms with E-state index in [4.69, 9.17) is 0 Å². The first-order valence-corrected chi connectivity index (χ1v) is 7.43. The number of carbonyl (C=O) groups is 1. The summed E-state index contributed by atoms with van der Waals surface area (Å²) in [4.78, 5) is 12.2. The Morgan fingerprint density at radius 1 is 1.10 bits per heavy atom. The fraction of sp³-hybridized carbons (Fsp3) is 0.235. The van der Waals surface area contributed by atoms with Crippen LogP contribution < -0.4 is 5.32 Å². The maximum atomic E-state index is 12.8. The highest BCUT2D eigenvalue weighted by Gasteiger charge is 2.18. The van der Waals surface area contributed by atoms with Crippen molar-refractivity contribution in [3.8, 4) is 0 Å². The van der Waals surface area contributed by atoms with E-state index in [2.05, 4.69) is 42.0 Å². The van der Waals surface area contributed by atoms with Gasteiger partial charge in [-0.2, -0.15) is 0 Å². The van der Waals surface area contributed by atoms with Gasteiger partial charge in [0.15, 0.2) is 0 Å². The van der Waals surface area contributed by atoms with E-state index in [1.165, 1.54) is 24.3 Å². The van der Waals surface area contributed by atoms with Crippen LogP contribution in [0, 0.1) is 5.82 Å². The molecule has 4 heteroatoms. The molecule has 0 aliphatic rings. The first-order valence-electron chi connectivity index (χ1n) is 6.64. The van der Waals surface area contributed by atoms with E-state index < -0.39 is 0 Å². The Labute approximate surface area is 132 Å². The molecule has 0 saturated carbocycles. The van der Waals surface area contributed by atoms with Gasteiger partial charge >= 0.3 is 0 Å². The second-order valence-corrected chi connectivity index (χ2v) is 6.76. The summed E-state index contributed by atoms with van der Waals surface area (Å²) in [6.45, 7) is 6.35. The van der Waals surface area contributed by atoms with Crippen LogP contribution in [-0.2, 0) is 5.41 Å². The number of nitrogens with one attached hydrogen (secondary N) is 1. The van der Waals surface area contributed by atoms with Crippen molar-refractivity contribution in [3.63, 3.8) is 0 Å². The minimum absolute atomic E-state index is 0.00476. The Kier molecular flexibility index (Phi) is 4.47. The van der Waals surface area contributed by atoms with E-state index in [9.17, 15) is 9.18 Å². The number of halogens is 2. The molecule has 1 amide bonds. The fourth-order valence-electron chi connectivity index (χ4n) is 2.00. The van der Waals surface area contributed by atoms with E-state index in [1.54, 1.807) is 12.1 Å². The molecule has 0 unspecified atom stereocenters. The third kappa shape index (κ3) is 3.91. The van der Waals surface area contributed by atoms with Crippen LogP contribution in [0.5, 0.6) is 0 Å². The number of benzene rings is 2. The Morgan fingerprint density at radius 3 is 2.24 bits per heavy atom. The molecule has 0 aliphatic heterocycles. The number of anilines is 1. The summed E-state index contributed by atoms with van der Waals surface area (Å²) in [6, 6.07) is 11.2. The average Bonchev–Trinajstić information content (AvgIpc) is 2.39. The summed E-state index contributed by atoms with van der Waals surface area (Å²) in [5.41, 5.74) is 2.27. The normalized spacial score (nSPS) is 11.3. The van der Waals surface area contributed by atoms with Crippen molar-refractivity contribution in [2.24, 2.45) is 0 Å². The Balaban J connectivity index is 2.20. The van der Waals surface area contributed by atoms with Crippen molar-refractivity contribution in [1.29, 1.82) is 0 Å². The summed E-state index contributed by atoms with van der Waals surface area (Å²) in [5.74, 6) is -0.548. The van der Waals surface area contributed by atoms with Gasteiger partial charge in [0.25, 0.3) is 5.91 Å². The minimum atomic E-state index is -0.328. The molecule has 0 radical (unpaired) electrons. The summed E-state index contributed by atoms with van der Waals surface area (Å²) >= 11 is 3.52. The zero-order chi connectivity index (χ0) is 15.6. The monoisotopic (exact) mass is 349 g/mol. The number of hydrogen-bond acceptors (Lipinski definition) is 1. The van der Waals surface area contributed by atoms with Crippen molar-refractivity contribution in [1.82, 2.24) is 0 Å². The van der Waals surface area contributed by atoms with Crippen molar-refractivity contribution >= 4 is 27.5 Å². The van der Waals surface area contributed by atoms with E-state index in [-0.39, 0.29) is 17.1 Å². The van der Waals surface area contributed by atoms with Crippen LogP contribution in [-0.4, -0.2) is 5.91 Å². The second-order valence-electron chi connectivity index (χ2n) is 5.91. The zero-order valence-electron chi connectivity index (χ0n) is 12.2. The number of rotatable bonds is 2. The van der Waals surface area contributed by atoms with Crippen LogP contribution in [0.25, 0.3) is 0 Å². The van der Waals surface area contributed by atoms with Crippen molar-refractivity contribution in [2.75, 3.05) is 5.32 Å². The van der Waals surface area contributed by atoms with Gasteiger partial charge in [-0.15, -0.1) is 0 Å². The van der Waals surface area contributed by atoms with Gasteiger partial charge in [-0.3, -0.25) is 4.79 Å². The molecule has 0 saturated heterocycles. The molecule has 2 nitrogen and oxygen atoms in total. The standard InChI is InChI=1S/C17H17BrFNO/c1-17(2,3)14-9-4-11(10-15(14)18)16(21)20-13-7-5-12(19)6-8-13/h4-10H,1-3H3,(H,20,21). The van der Waals surface area contributed by atoms with E-state index >= 15 is 0 Å². The molecule has 2 aromatic carbocycles. The van der Waals surface area contributed by atoms with E-state index in [0.29, 0.717) is 11.3 Å². The lowest BCUT2D eigenvalue weighted by Crippen LogP contribution is -2.15. The minimum Gasteiger partial charge on any atom is -0.322 e. The lowest BCUT2D eigenvalue weighted by molar-refractivity contribution is 0.102. The molecule has 0 bridgehead atoms. The average molecular weight is 350 g/mol. The van der Waals surface area contributed by atoms with Gasteiger partial charge < -0.3 is 5.32 Å². The molecule has 110 valence electrons. The van der Waals surface area contributed by atoms with Gasteiger partial charge in [0, 0.05) is 15.7 Å². The fourth-order valence-corrected chi connectivity index (χ4v) is 2.97. The first-order chi connectivity index (χ1) is 9.77. The summed E-state index contributed by atoms with van der Waals surface area (Å²) < 4.78 is 13.7. The maximum Gasteiger partial charge on any atom is 0.255 e. The number of hydrogen-bond donors (Lipinski definition) is 1. The van der Waals surface area contributed by atoms with Crippen molar-refractivity contribution < 1.29 is 9.18 Å². The Morgan fingerprint density at radius 2 is 1.71 bits per heavy atom. The SMILES string of the molecule is CC(C)(C)c1ccc(C(=O)Nc2ccc(F)cc2)cc1Br. The molecule has 21 heavy (non-hydrogen) atoms. The Bertz CT molecular complexity index is 659. The zero-order valence-corrected chi connectivity index (χ0v) is 13.8. The molecule has 1 N–H and O–H groups in total. The van der Waals surface area contributed by atoms with Crippen LogP contribution in [0.15, 0.2) is 46.9 Å². The van der Waals surface area contributed by atoms with Crippen LogP contribution in [0.1, 0.15) is 36.7 Å². The lowest BCUT2D eigenvalue weighted by atomic mass is 9.86. The van der Waals surface area contributed by atoms with Gasteiger partial charge in [0.05, 0.1) is 0 Å². The van der Waals surface area contributed by atoms with Crippen LogP contribution in [0.3, 0.4) is 0 Å². The summed E-state index contributed by atoms with van der Waals surface area (Å²) in [5, 5.41) is 2.74. The molecule has 2 aromatic rings. The quantitative estimate of drug-likeness (QED) is 0.799. The molecule has 0 fully saturated rings. The smallest absolute Gasteiger partial charge is 0.255 e. The maximum absolute atomic E-state index is 12.8. The van der Waals surface area contributed by atoms with E-state index in [0.717, 1.165) is 10.0 Å². The molecular formula is C17H17BrFNO. The van der Waals surface area contributed by atoms with Gasteiger partial charge in [0.1, 0.15) is 5.82 Å². The third-order valence-electron chi connectivity index (χ3n) is 3.14. The molecule has 2 rings (SSSR count). The number of carbonyl (C=O) groups excluding carboxylic acids is 1. The van der Waals surface area contributed by atoms with Gasteiger partial charge in [-0.1, -0.05) is 42.8 Å². The van der Waals surface area contributed by atoms with Crippen molar-refractivity contribution in [3.05, 3.63) is 63.9 Å². The molecule has 0 atom stereocenters. The molecule has 0 aliphatic carbocycles. The molecular weight excluding hydrogens is 333 g/mol. The van der Waals surface area contributed by atoms with Crippen molar-refractivity contribution in [2.45, 2.75) is 26.2 Å². The van der Waals surface area contributed by atoms with Gasteiger partial charge in [0.2, 0.25) is 0 Å². The predicted octanol–water partition coefficient (Wildman–Crippen LogP) is 5.14.